The highest BCUT2D eigenvalue weighted by molar-refractivity contribution is 5.79. The van der Waals surface area contributed by atoms with Crippen molar-refractivity contribution >= 4 is 11.9 Å². The number of hydrogen-bond acceptors (Lipinski definition) is 6. The summed E-state index contributed by atoms with van der Waals surface area (Å²) in [5, 5.41) is 0. The normalized spacial score (nSPS) is 14.8. The van der Waals surface area contributed by atoms with E-state index in [0.717, 1.165) is 38.0 Å². The second-order valence-electron chi connectivity index (χ2n) is 7.81. The van der Waals surface area contributed by atoms with Crippen molar-refractivity contribution in [1.82, 2.24) is 19.8 Å². The van der Waals surface area contributed by atoms with Crippen LogP contribution in [-0.4, -0.2) is 79.1 Å². The minimum Gasteiger partial charge on any atom is -0.481 e. The van der Waals surface area contributed by atoms with Gasteiger partial charge in [0.15, 0.2) is 0 Å². The Hall–Kier alpha value is -2.74. The number of methoxy groups -OCH3 is 1. The first-order valence-electron chi connectivity index (χ1n) is 10.3. The first kappa shape index (κ1) is 22.0. The fraction of sp³-hybridized carbons (Fsp3) is 0.500. The zero-order valence-corrected chi connectivity index (χ0v) is 17.9. The largest absolute Gasteiger partial charge is 0.481 e. The molecule has 1 aliphatic rings. The highest BCUT2D eigenvalue weighted by Crippen LogP contribution is 2.22. The average Bonchev–Trinajstić information content (AvgIpc) is 2.76. The molecule has 0 bridgehead atoms. The predicted octanol–water partition coefficient (Wildman–Crippen LogP) is 2.23. The molecule has 0 aliphatic carbocycles. The molecule has 2 aromatic rings. The fourth-order valence-electron chi connectivity index (χ4n) is 3.67. The molecule has 162 valence electrons. The van der Waals surface area contributed by atoms with E-state index in [9.17, 15) is 9.18 Å². The van der Waals surface area contributed by atoms with Gasteiger partial charge in [0.05, 0.1) is 13.5 Å². The molecule has 1 aromatic carbocycles. The van der Waals surface area contributed by atoms with E-state index in [1.165, 1.54) is 12.1 Å². The highest BCUT2D eigenvalue weighted by atomic mass is 19.1. The van der Waals surface area contributed by atoms with Crippen molar-refractivity contribution in [2.24, 2.45) is 0 Å². The summed E-state index contributed by atoms with van der Waals surface area (Å²) in [5.74, 6) is 0.997. The van der Waals surface area contributed by atoms with Gasteiger partial charge in [0, 0.05) is 44.5 Å². The van der Waals surface area contributed by atoms with Crippen LogP contribution >= 0.6 is 0 Å². The van der Waals surface area contributed by atoms with Crippen LogP contribution in [0.15, 0.2) is 36.5 Å². The third-order valence-electron chi connectivity index (χ3n) is 5.39. The lowest BCUT2D eigenvalue weighted by molar-refractivity contribution is -0.133. The first-order valence-corrected chi connectivity index (χ1v) is 10.3. The van der Waals surface area contributed by atoms with E-state index in [0.29, 0.717) is 18.4 Å². The zero-order chi connectivity index (χ0) is 21.5. The molecule has 0 unspecified atom stereocenters. The maximum atomic E-state index is 13.2. The molecule has 0 N–H and O–H groups in total. The van der Waals surface area contributed by atoms with Gasteiger partial charge in [-0.25, -0.2) is 9.37 Å². The van der Waals surface area contributed by atoms with Crippen LogP contribution in [0, 0.1) is 5.82 Å². The van der Waals surface area contributed by atoms with Gasteiger partial charge in [0.1, 0.15) is 5.82 Å². The lowest BCUT2D eigenvalue weighted by Crippen LogP contribution is -2.50. The summed E-state index contributed by atoms with van der Waals surface area (Å²) < 4.78 is 18.4. The Morgan fingerprint density at radius 3 is 2.50 bits per heavy atom. The quantitative estimate of drug-likeness (QED) is 0.659. The number of nitrogens with zero attached hydrogens (tertiary/aromatic N) is 5. The second kappa shape index (κ2) is 10.3. The molecule has 7 nitrogen and oxygen atoms in total. The monoisotopic (exact) mass is 415 g/mol. The summed E-state index contributed by atoms with van der Waals surface area (Å²) in [6.07, 6.45) is 3.68. The number of rotatable bonds is 8. The van der Waals surface area contributed by atoms with E-state index in [2.05, 4.69) is 19.8 Å². The van der Waals surface area contributed by atoms with Gasteiger partial charge in [0.25, 0.3) is 0 Å². The molecular formula is C22H30FN5O2. The van der Waals surface area contributed by atoms with Crippen molar-refractivity contribution in [3.8, 4) is 5.88 Å². The van der Waals surface area contributed by atoms with Crippen molar-refractivity contribution in [3.05, 3.63) is 47.9 Å². The van der Waals surface area contributed by atoms with Gasteiger partial charge in [-0.3, -0.25) is 4.79 Å². The number of likely N-dealkylation sites (N-methyl/N-ethyl adjacent to an activating group) is 1. The third kappa shape index (κ3) is 5.89. The Morgan fingerprint density at radius 2 is 1.87 bits per heavy atom. The van der Waals surface area contributed by atoms with Crippen LogP contribution in [0.5, 0.6) is 5.88 Å². The van der Waals surface area contributed by atoms with Crippen LogP contribution in [0.2, 0.25) is 0 Å². The summed E-state index contributed by atoms with van der Waals surface area (Å²) in [7, 11) is 5.60. The molecule has 1 aliphatic heterocycles. The fourth-order valence-corrected chi connectivity index (χ4v) is 3.67. The van der Waals surface area contributed by atoms with Crippen LogP contribution in [0.4, 0.5) is 10.3 Å². The molecular weight excluding hydrogens is 385 g/mol. The van der Waals surface area contributed by atoms with E-state index in [-0.39, 0.29) is 24.2 Å². The molecule has 8 heteroatoms. The van der Waals surface area contributed by atoms with Crippen molar-refractivity contribution in [1.29, 1.82) is 0 Å². The van der Waals surface area contributed by atoms with Crippen molar-refractivity contribution in [3.63, 3.8) is 0 Å². The van der Waals surface area contributed by atoms with E-state index < -0.39 is 0 Å². The van der Waals surface area contributed by atoms with Crippen LogP contribution in [-0.2, 0) is 11.2 Å². The molecule has 2 heterocycles. The van der Waals surface area contributed by atoms with Crippen LogP contribution in [0.25, 0.3) is 0 Å². The predicted molar refractivity (Wildman–Crippen MR) is 114 cm³/mol. The SMILES string of the molecule is COc1ccnc(N2CCC(N(CCN(C)C)C(=O)Cc3ccc(F)cc3)CC2)n1. The summed E-state index contributed by atoms with van der Waals surface area (Å²) in [5.41, 5.74) is 0.832. The summed E-state index contributed by atoms with van der Waals surface area (Å²) in [6.45, 7) is 3.03. The van der Waals surface area contributed by atoms with Crippen LogP contribution in [0.3, 0.4) is 0 Å². The molecule has 1 saturated heterocycles. The first-order chi connectivity index (χ1) is 14.5. The van der Waals surface area contributed by atoms with E-state index in [1.807, 2.05) is 19.0 Å². The van der Waals surface area contributed by atoms with Crippen LogP contribution in [0.1, 0.15) is 18.4 Å². The number of hydrogen-bond donors (Lipinski definition) is 0. The highest BCUT2D eigenvalue weighted by Gasteiger charge is 2.29. The lowest BCUT2D eigenvalue weighted by Gasteiger charge is -2.39. The van der Waals surface area contributed by atoms with Gasteiger partial charge in [-0.15, -0.1) is 0 Å². The number of amides is 1. The second-order valence-corrected chi connectivity index (χ2v) is 7.81. The Labute approximate surface area is 177 Å². The average molecular weight is 416 g/mol. The molecule has 1 amide bonds. The molecule has 0 atom stereocenters. The smallest absolute Gasteiger partial charge is 0.228 e. The van der Waals surface area contributed by atoms with Gasteiger partial charge in [0.2, 0.25) is 17.7 Å². The molecule has 0 radical (unpaired) electrons. The topological polar surface area (TPSA) is 61.8 Å². The molecule has 1 fully saturated rings. The van der Waals surface area contributed by atoms with Crippen molar-refractivity contribution in [2.75, 3.05) is 52.3 Å². The Balaban J connectivity index is 1.65. The maximum Gasteiger partial charge on any atom is 0.228 e. The standard InChI is InChI=1S/C22H30FN5O2/c1-26(2)14-15-28(21(29)16-17-4-6-18(23)7-5-17)19-9-12-27(13-10-19)22-24-11-8-20(25-22)30-3/h4-8,11,19H,9-10,12-16H2,1-3H3. The zero-order valence-electron chi connectivity index (χ0n) is 17.9. The summed E-state index contributed by atoms with van der Waals surface area (Å²) in [4.78, 5) is 28.1. The minimum atomic E-state index is -0.289. The van der Waals surface area contributed by atoms with E-state index in [1.54, 1.807) is 31.5 Å². The number of carbonyl (C=O) groups excluding carboxylic acids is 1. The summed E-state index contributed by atoms with van der Waals surface area (Å²) in [6, 6.07) is 8.06. The molecule has 3 rings (SSSR count). The number of halogens is 1. The maximum absolute atomic E-state index is 13.2. The molecule has 30 heavy (non-hydrogen) atoms. The number of carbonyl (C=O) groups is 1. The van der Waals surface area contributed by atoms with Gasteiger partial charge in [-0.1, -0.05) is 12.1 Å². The van der Waals surface area contributed by atoms with Crippen molar-refractivity contribution < 1.29 is 13.9 Å². The number of ether oxygens (including phenoxy) is 1. The number of piperidine rings is 1. The van der Waals surface area contributed by atoms with E-state index in [4.69, 9.17) is 4.74 Å². The third-order valence-corrected chi connectivity index (χ3v) is 5.39. The number of anilines is 1. The Bertz CT molecular complexity index is 823. The van der Waals surface area contributed by atoms with Gasteiger partial charge in [-0.2, -0.15) is 4.98 Å². The lowest BCUT2D eigenvalue weighted by atomic mass is 10.0. The Morgan fingerprint density at radius 1 is 1.17 bits per heavy atom. The number of benzene rings is 1. The molecule has 0 saturated carbocycles. The minimum absolute atomic E-state index is 0.0829. The van der Waals surface area contributed by atoms with Crippen LogP contribution < -0.4 is 9.64 Å². The van der Waals surface area contributed by atoms with Gasteiger partial charge < -0.3 is 19.4 Å². The van der Waals surface area contributed by atoms with E-state index >= 15 is 0 Å². The van der Waals surface area contributed by atoms with Gasteiger partial charge in [-0.05, 0) is 44.6 Å². The van der Waals surface area contributed by atoms with Gasteiger partial charge >= 0.3 is 0 Å². The van der Waals surface area contributed by atoms with Crippen molar-refractivity contribution in [2.45, 2.75) is 25.3 Å². The number of aromatic nitrogens is 2. The molecule has 1 aromatic heterocycles. The molecule has 0 spiro atoms. The Kier molecular flexibility index (Phi) is 7.57. The summed E-state index contributed by atoms with van der Waals surface area (Å²) >= 11 is 0.